The molecule has 0 unspecified atom stereocenters. The van der Waals surface area contributed by atoms with E-state index in [2.05, 4.69) is 22.8 Å². The maximum Gasteiger partial charge on any atom is 0.414 e. The Labute approximate surface area is 196 Å². The lowest BCUT2D eigenvalue weighted by Gasteiger charge is -2.14. The number of carbonyl (C=O) groups is 3. The van der Waals surface area contributed by atoms with E-state index in [0.29, 0.717) is 36.3 Å². The summed E-state index contributed by atoms with van der Waals surface area (Å²) < 4.78 is 11.3. The van der Waals surface area contributed by atoms with Crippen LogP contribution < -0.4 is 20.1 Å². The van der Waals surface area contributed by atoms with Crippen molar-refractivity contribution in [3.8, 4) is 11.5 Å². The van der Waals surface area contributed by atoms with E-state index in [1.165, 1.54) is 5.56 Å². The molecule has 4 N–H and O–H groups in total. The summed E-state index contributed by atoms with van der Waals surface area (Å²) in [4.78, 5) is 30.5. The number of ether oxygens (including phenoxy) is 2. The van der Waals surface area contributed by atoms with Crippen LogP contribution in [0.3, 0.4) is 0 Å². The molecule has 1 aliphatic rings. The minimum absolute atomic E-state index is 0.0782. The number of carboxylic acids is 2. The van der Waals surface area contributed by atoms with E-state index in [-0.39, 0.29) is 12.5 Å². The van der Waals surface area contributed by atoms with Crippen molar-refractivity contribution >= 4 is 35.1 Å². The van der Waals surface area contributed by atoms with Gasteiger partial charge in [0.15, 0.2) is 11.5 Å². The van der Waals surface area contributed by atoms with E-state index in [1.54, 1.807) is 0 Å². The van der Waals surface area contributed by atoms with E-state index in [0.717, 1.165) is 28.8 Å². The Morgan fingerprint density at radius 3 is 2.18 bits per heavy atom. The highest BCUT2D eigenvalue weighted by Crippen LogP contribution is 2.37. The molecule has 2 aromatic rings. The largest absolute Gasteiger partial charge is 0.489 e. The Balaban J connectivity index is 0.000000569. The Bertz CT molecular complexity index is 1000. The summed E-state index contributed by atoms with van der Waals surface area (Å²) in [5.74, 6) is -2.47. The summed E-state index contributed by atoms with van der Waals surface area (Å²) in [6.45, 7) is 7.98. The minimum Gasteiger partial charge on any atom is -0.489 e. The number of amides is 1. The van der Waals surface area contributed by atoms with Crippen molar-refractivity contribution in [3.63, 3.8) is 0 Å². The van der Waals surface area contributed by atoms with Crippen LogP contribution >= 0.6 is 11.6 Å². The fourth-order valence-corrected chi connectivity index (χ4v) is 3.56. The lowest BCUT2D eigenvalue weighted by atomic mass is 10.1. The maximum atomic E-state index is 12.3. The van der Waals surface area contributed by atoms with Gasteiger partial charge in [0.1, 0.15) is 0 Å². The number of aliphatic carboxylic acids is 2. The molecule has 0 fully saturated rings. The molecule has 1 aliphatic heterocycles. The molecule has 0 radical (unpaired) electrons. The van der Waals surface area contributed by atoms with Gasteiger partial charge in [0, 0.05) is 18.7 Å². The average molecular weight is 479 g/mol. The molecule has 0 saturated heterocycles. The molecule has 1 amide bonds. The topological polar surface area (TPSA) is 134 Å². The maximum absolute atomic E-state index is 12.3. The van der Waals surface area contributed by atoms with E-state index in [4.69, 9.17) is 40.9 Å². The number of carbonyl (C=O) groups excluding carboxylic acids is 1. The predicted molar refractivity (Wildman–Crippen MR) is 123 cm³/mol. The molecule has 10 heteroatoms. The van der Waals surface area contributed by atoms with E-state index in [9.17, 15) is 4.79 Å². The van der Waals surface area contributed by atoms with Crippen molar-refractivity contribution in [1.29, 1.82) is 0 Å². The molecule has 9 nitrogen and oxygen atoms in total. The Kier molecular flexibility index (Phi) is 9.50. The molecular formula is C23H27ClN2O7. The summed E-state index contributed by atoms with van der Waals surface area (Å²) in [6.07, 6.45) is 0.830. The first kappa shape index (κ1) is 26.0. The molecule has 0 aromatic heterocycles. The molecule has 33 heavy (non-hydrogen) atoms. The second kappa shape index (κ2) is 12.1. The number of rotatable bonds is 5. The van der Waals surface area contributed by atoms with Crippen LogP contribution in [0.5, 0.6) is 11.5 Å². The Hall–Kier alpha value is -3.30. The van der Waals surface area contributed by atoms with Crippen LogP contribution in [-0.4, -0.2) is 47.8 Å². The molecule has 0 saturated carbocycles. The summed E-state index contributed by atoms with van der Waals surface area (Å²) in [5.41, 5.74) is 5.14. The number of carboxylic acid groups (broad SMARTS) is 2. The molecule has 0 bridgehead atoms. The minimum atomic E-state index is -1.82. The Morgan fingerprint density at radius 1 is 0.970 bits per heavy atom. The molecular weight excluding hydrogens is 452 g/mol. The number of nitrogens with one attached hydrogen (secondary N) is 2. The molecule has 1 heterocycles. The highest BCUT2D eigenvalue weighted by Gasteiger charge is 2.16. The summed E-state index contributed by atoms with van der Waals surface area (Å²) in [5, 5.41) is 21.5. The number of anilines is 1. The lowest BCUT2D eigenvalue weighted by molar-refractivity contribution is -0.159. The third kappa shape index (κ3) is 7.96. The van der Waals surface area contributed by atoms with Gasteiger partial charge >= 0.3 is 11.9 Å². The van der Waals surface area contributed by atoms with Gasteiger partial charge in [0.25, 0.3) is 0 Å². The quantitative estimate of drug-likeness (QED) is 0.481. The normalized spacial score (nSPS) is 12.1. The number of hydrogen-bond acceptors (Lipinski definition) is 6. The second-order valence-corrected chi connectivity index (χ2v) is 7.90. The number of hydrogen-bond donors (Lipinski definition) is 4. The van der Waals surface area contributed by atoms with Crippen molar-refractivity contribution in [1.82, 2.24) is 5.32 Å². The summed E-state index contributed by atoms with van der Waals surface area (Å²) >= 11 is 6.30. The van der Waals surface area contributed by atoms with Crippen molar-refractivity contribution in [2.75, 3.05) is 25.1 Å². The van der Waals surface area contributed by atoms with Gasteiger partial charge in [-0.1, -0.05) is 29.3 Å². The molecule has 178 valence electrons. The zero-order valence-electron chi connectivity index (χ0n) is 18.7. The smallest absolute Gasteiger partial charge is 0.414 e. The monoisotopic (exact) mass is 478 g/mol. The number of halogens is 1. The predicted octanol–water partition coefficient (Wildman–Crippen LogP) is 3.31. The lowest BCUT2D eigenvalue weighted by Crippen LogP contribution is -2.28. The van der Waals surface area contributed by atoms with E-state index >= 15 is 0 Å². The zero-order valence-corrected chi connectivity index (χ0v) is 19.4. The van der Waals surface area contributed by atoms with Gasteiger partial charge in [-0.25, -0.2) is 9.59 Å². The first-order chi connectivity index (χ1) is 15.6. The molecule has 0 aliphatic carbocycles. The van der Waals surface area contributed by atoms with Crippen molar-refractivity contribution in [2.24, 2.45) is 0 Å². The van der Waals surface area contributed by atoms with E-state index < -0.39 is 11.9 Å². The number of fused-ring (bicyclic) bond motifs is 1. The van der Waals surface area contributed by atoms with Gasteiger partial charge in [-0.3, -0.25) is 4.79 Å². The summed E-state index contributed by atoms with van der Waals surface area (Å²) in [7, 11) is 0. The fourth-order valence-electron chi connectivity index (χ4n) is 3.27. The van der Waals surface area contributed by atoms with Crippen molar-refractivity contribution in [2.45, 2.75) is 33.7 Å². The van der Waals surface area contributed by atoms with Gasteiger partial charge in [-0.15, -0.1) is 0 Å². The van der Waals surface area contributed by atoms with E-state index in [1.807, 2.05) is 32.9 Å². The van der Waals surface area contributed by atoms with Crippen molar-refractivity contribution < 1.29 is 34.1 Å². The number of aryl methyl sites for hydroxylation is 3. The average Bonchev–Trinajstić information content (AvgIpc) is 2.97. The third-order valence-corrected chi connectivity index (χ3v) is 4.88. The fraction of sp³-hybridized carbons (Fsp3) is 0.348. The van der Waals surface area contributed by atoms with Gasteiger partial charge in [-0.2, -0.15) is 0 Å². The van der Waals surface area contributed by atoms with Gasteiger partial charge < -0.3 is 30.3 Å². The first-order valence-electron chi connectivity index (χ1n) is 10.2. The zero-order chi connectivity index (χ0) is 24.5. The molecule has 0 atom stereocenters. The van der Waals surface area contributed by atoms with Crippen LogP contribution in [0.2, 0.25) is 5.02 Å². The van der Waals surface area contributed by atoms with Crippen LogP contribution in [-0.2, 0) is 20.9 Å². The van der Waals surface area contributed by atoms with Gasteiger partial charge in [-0.05, 0) is 49.6 Å². The molecule has 0 spiro atoms. The standard InChI is InChI=1S/C21H25ClN2O3.C2H2O4/c1-13-7-14(2)20(15(3)8-13)24-19(25)12-23-11-16-9-17(22)21-18(10-16)26-5-4-6-27-21;3-1(4)2(5)6/h7-10,23H,4-6,11-12H2,1-3H3,(H,24,25);(H,3,4)(H,5,6). The van der Waals surface area contributed by atoms with Crippen LogP contribution in [0.15, 0.2) is 24.3 Å². The van der Waals surface area contributed by atoms with Gasteiger partial charge in [0.05, 0.1) is 24.8 Å². The second-order valence-electron chi connectivity index (χ2n) is 7.49. The van der Waals surface area contributed by atoms with Gasteiger partial charge in [0.2, 0.25) is 5.91 Å². The third-order valence-electron chi connectivity index (χ3n) is 4.60. The van der Waals surface area contributed by atoms with Crippen LogP contribution in [0.4, 0.5) is 5.69 Å². The molecule has 3 rings (SSSR count). The molecule has 2 aromatic carbocycles. The van der Waals surface area contributed by atoms with Crippen LogP contribution in [0.1, 0.15) is 28.7 Å². The van der Waals surface area contributed by atoms with Crippen LogP contribution in [0.25, 0.3) is 0 Å². The van der Waals surface area contributed by atoms with Crippen LogP contribution in [0, 0.1) is 20.8 Å². The number of benzene rings is 2. The van der Waals surface area contributed by atoms with Crippen molar-refractivity contribution in [3.05, 3.63) is 51.5 Å². The highest BCUT2D eigenvalue weighted by atomic mass is 35.5. The first-order valence-corrected chi connectivity index (χ1v) is 10.6. The highest BCUT2D eigenvalue weighted by molar-refractivity contribution is 6.32. The summed E-state index contributed by atoms with van der Waals surface area (Å²) in [6, 6.07) is 7.88. The Morgan fingerprint density at radius 2 is 1.58 bits per heavy atom. The SMILES string of the molecule is Cc1cc(C)c(NC(=O)CNCc2cc(Cl)c3c(c2)OCCCO3)c(C)c1.O=C(O)C(=O)O.